The second-order valence-corrected chi connectivity index (χ2v) is 11.2. The normalized spacial score (nSPS) is 17.4. The van der Waals surface area contributed by atoms with Crippen molar-refractivity contribution in [3.05, 3.63) is 69.8 Å². The third kappa shape index (κ3) is 7.59. The third-order valence-corrected chi connectivity index (χ3v) is 6.85. The maximum Gasteiger partial charge on any atom is 0.323 e. The van der Waals surface area contributed by atoms with Crippen molar-refractivity contribution in [3.63, 3.8) is 0 Å². The molecule has 0 aliphatic carbocycles. The van der Waals surface area contributed by atoms with Gasteiger partial charge in [-0.1, -0.05) is 41.4 Å². The summed E-state index contributed by atoms with van der Waals surface area (Å²) in [7, 11) is 0. The maximum absolute atomic E-state index is 13.1. The van der Waals surface area contributed by atoms with Crippen molar-refractivity contribution in [3.8, 4) is 11.3 Å². The fourth-order valence-electron chi connectivity index (χ4n) is 4.23. The smallest absolute Gasteiger partial charge is 0.323 e. The Hall–Kier alpha value is -3.40. The molecule has 206 valence electrons. The molecule has 1 fully saturated rings. The van der Waals surface area contributed by atoms with Crippen molar-refractivity contribution in [1.29, 1.82) is 0 Å². The van der Waals surface area contributed by atoms with Gasteiger partial charge in [0.15, 0.2) is 11.6 Å². The number of nitrogen functional groups attached to an aromatic ring is 1. The van der Waals surface area contributed by atoms with Crippen LogP contribution in [-0.4, -0.2) is 46.1 Å². The standard InChI is InChI=1S/C28H32Cl2N6O3/c1-28(2,3)39-27(38)22-13-18(10-11-32-22)35-26(37)17-7-4-6-16(12-17)23-15-33-24(31)25(36-23)34-14-19-20(29)8-5-9-21(19)30/h4-9,12,15,18,22,32H,10-11,13-14H2,1-3H3,(H2,31,33)(H,34,36)(H,35,37)/t18?,22-/m1/s1. The topological polar surface area (TPSA) is 131 Å². The van der Waals surface area contributed by atoms with E-state index in [9.17, 15) is 9.59 Å². The number of amides is 1. The van der Waals surface area contributed by atoms with Gasteiger partial charge in [-0.3, -0.25) is 9.59 Å². The summed E-state index contributed by atoms with van der Waals surface area (Å²) in [4.78, 5) is 34.5. The number of ether oxygens (including phenoxy) is 1. The lowest BCUT2D eigenvalue weighted by Crippen LogP contribution is -2.52. The molecule has 0 spiro atoms. The van der Waals surface area contributed by atoms with Crippen LogP contribution < -0.4 is 21.7 Å². The lowest BCUT2D eigenvalue weighted by atomic mass is 9.98. The predicted molar refractivity (Wildman–Crippen MR) is 154 cm³/mol. The third-order valence-electron chi connectivity index (χ3n) is 6.15. The van der Waals surface area contributed by atoms with Gasteiger partial charge in [0.25, 0.3) is 5.91 Å². The van der Waals surface area contributed by atoms with E-state index in [0.29, 0.717) is 58.6 Å². The molecule has 4 rings (SSSR count). The summed E-state index contributed by atoms with van der Waals surface area (Å²) in [6, 6.07) is 11.8. The molecule has 2 aromatic carbocycles. The van der Waals surface area contributed by atoms with Crippen LogP contribution in [0.5, 0.6) is 0 Å². The minimum absolute atomic E-state index is 0.163. The predicted octanol–water partition coefficient (Wildman–Crippen LogP) is 4.84. The highest BCUT2D eigenvalue weighted by atomic mass is 35.5. The van der Waals surface area contributed by atoms with Crippen LogP contribution in [0, 0.1) is 0 Å². The molecule has 5 N–H and O–H groups in total. The summed E-state index contributed by atoms with van der Waals surface area (Å²) in [6.07, 6.45) is 2.71. The van der Waals surface area contributed by atoms with E-state index in [1.165, 1.54) is 0 Å². The Bertz CT molecular complexity index is 1340. The monoisotopic (exact) mass is 570 g/mol. The number of esters is 1. The highest BCUT2D eigenvalue weighted by Gasteiger charge is 2.31. The van der Waals surface area contributed by atoms with Crippen molar-refractivity contribution in [2.45, 2.75) is 57.8 Å². The number of aromatic nitrogens is 2. The molecule has 3 aromatic rings. The van der Waals surface area contributed by atoms with Crippen molar-refractivity contribution in [2.75, 3.05) is 17.6 Å². The number of nitrogens with zero attached hydrogens (tertiary/aromatic N) is 2. The molecule has 2 heterocycles. The molecule has 9 nitrogen and oxygen atoms in total. The molecule has 0 radical (unpaired) electrons. The largest absolute Gasteiger partial charge is 0.459 e. The molecule has 1 amide bonds. The van der Waals surface area contributed by atoms with E-state index in [0.717, 1.165) is 5.56 Å². The zero-order valence-corrected chi connectivity index (χ0v) is 23.6. The Morgan fingerprint density at radius 1 is 1.15 bits per heavy atom. The first-order chi connectivity index (χ1) is 18.5. The number of hydrogen-bond donors (Lipinski definition) is 4. The summed E-state index contributed by atoms with van der Waals surface area (Å²) < 4.78 is 5.50. The van der Waals surface area contributed by atoms with Crippen LogP contribution in [0.25, 0.3) is 11.3 Å². The van der Waals surface area contributed by atoms with Crippen LogP contribution in [0.1, 0.15) is 49.5 Å². The number of nitrogens with two attached hydrogens (primary N) is 1. The molecule has 2 atom stereocenters. The number of benzene rings is 2. The van der Waals surface area contributed by atoms with E-state index in [-0.39, 0.29) is 23.7 Å². The van der Waals surface area contributed by atoms with E-state index in [4.69, 9.17) is 33.7 Å². The molecule has 1 saturated heterocycles. The first-order valence-electron chi connectivity index (χ1n) is 12.7. The second-order valence-electron chi connectivity index (χ2n) is 10.4. The first-order valence-corrected chi connectivity index (χ1v) is 13.4. The number of anilines is 2. The number of piperidine rings is 1. The minimum Gasteiger partial charge on any atom is -0.459 e. The summed E-state index contributed by atoms with van der Waals surface area (Å²) in [6.45, 7) is 6.41. The van der Waals surface area contributed by atoms with E-state index in [1.807, 2.05) is 26.8 Å². The number of rotatable bonds is 7. The van der Waals surface area contributed by atoms with Gasteiger partial charge in [0.05, 0.1) is 11.9 Å². The van der Waals surface area contributed by atoms with Crippen LogP contribution in [-0.2, 0) is 16.1 Å². The Morgan fingerprint density at radius 2 is 1.87 bits per heavy atom. The van der Waals surface area contributed by atoms with Crippen molar-refractivity contribution < 1.29 is 14.3 Å². The van der Waals surface area contributed by atoms with Gasteiger partial charge in [0, 0.05) is 39.3 Å². The van der Waals surface area contributed by atoms with Crippen molar-refractivity contribution in [2.24, 2.45) is 0 Å². The molecule has 1 unspecified atom stereocenters. The lowest BCUT2D eigenvalue weighted by Gasteiger charge is -2.31. The van der Waals surface area contributed by atoms with Crippen LogP contribution >= 0.6 is 23.2 Å². The fourth-order valence-corrected chi connectivity index (χ4v) is 4.76. The molecule has 1 aliphatic rings. The van der Waals surface area contributed by atoms with Gasteiger partial charge in [0.1, 0.15) is 11.6 Å². The maximum atomic E-state index is 13.1. The Labute approximate surface area is 237 Å². The second kappa shape index (κ2) is 12.2. The van der Waals surface area contributed by atoms with Crippen LogP contribution in [0.2, 0.25) is 10.0 Å². The minimum atomic E-state index is -0.572. The first kappa shape index (κ1) is 28.6. The van der Waals surface area contributed by atoms with Gasteiger partial charge in [-0.15, -0.1) is 0 Å². The lowest BCUT2D eigenvalue weighted by molar-refractivity contribution is -0.158. The van der Waals surface area contributed by atoms with Crippen molar-refractivity contribution in [1.82, 2.24) is 20.6 Å². The Kier molecular flexibility index (Phi) is 8.94. The van der Waals surface area contributed by atoms with Gasteiger partial charge < -0.3 is 26.4 Å². The van der Waals surface area contributed by atoms with Gasteiger partial charge in [-0.2, -0.15) is 0 Å². The van der Waals surface area contributed by atoms with Gasteiger partial charge >= 0.3 is 5.97 Å². The number of nitrogens with one attached hydrogen (secondary N) is 3. The number of carbonyl (C=O) groups excluding carboxylic acids is 2. The molecule has 0 saturated carbocycles. The zero-order chi connectivity index (χ0) is 28.2. The van der Waals surface area contributed by atoms with Crippen LogP contribution in [0.15, 0.2) is 48.7 Å². The highest BCUT2D eigenvalue weighted by molar-refractivity contribution is 6.36. The molecule has 1 aliphatic heterocycles. The van der Waals surface area contributed by atoms with Gasteiger partial charge in [0.2, 0.25) is 0 Å². The Morgan fingerprint density at radius 3 is 2.59 bits per heavy atom. The van der Waals surface area contributed by atoms with Gasteiger partial charge in [-0.25, -0.2) is 9.97 Å². The van der Waals surface area contributed by atoms with E-state index >= 15 is 0 Å². The van der Waals surface area contributed by atoms with E-state index in [1.54, 1.807) is 42.6 Å². The summed E-state index contributed by atoms with van der Waals surface area (Å²) >= 11 is 12.5. The summed E-state index contributed by atoms with van der Waals surface area (Å²) in [5, 5.41) is 10.4. The Balaban J connectivity index is 1.44. The number of halogens is 2. The number of hydrogen-bond acceptors (Lipinski definition) is 8. The quantitative estimate of drug-likeness (QED) is 0.297. The van der Waals surface area contributed by atoms with E-state index < -0.39 is 11.6 Å². The average Bonchev–Trinajstić information content (AvgIpc) is 2.88. The van der Waals surface area contributed by atoms with E-state index in [2.05, 4.69) is 25.9 Å². The zero-order valence-electron chi connectivity index (χ0n) is 22.1. The van der Waals surface area contributed by atoms with Crippen LogP contribution in [0.4, 0.5) is 11.6 Å². The van der Waals surface area contributed by atoms with Crippen LogP contribution in [0.3, 0.4) is 0 Å². The fraction of sp³-hybridized carbons (Fsp3) is 0.357. The summed E-state index contributed by atoms with van der Waals surface area (Å²) in [5.41, 5.74) is 7.91. The molecule has 1 aromatic heterocycles. The SMILES string of the molecule is CC(C)(C)OC(=O)[C@H]1CC(NC(=O)c2cccc(-c3cnc(N)c(NCc4c(Cl)cccc4Cl)n3)c2)CCN1. The molecule has 39 heavy (non-hydrogen) atoms. The molecule has 0 bridgehead atoms. The molecular weight excluding hydrogens is 539 g/mol. The van der Waals surface area contributed by atoms with Crippen molar-refractivity contribution >= 4 is 46.7 Å². The molecular formula is C28H32Cl2N6O3. The van der Waals surface area contributed by atoms with Gasteiger partial charge in [-0.05, 0) is 64.4 Å². The number of carbonyl (C=O) groups is 2. The highest BCUT2D eigenvalue weighted by Crippen LogP contribution is 2.27. The molecule has 11 heteroatoms. The average molecular weight is 572 g/mol. The summed E-state index contributed by atoms with van der Waals surface area (Å²) in [5.74, 6) is 0.0518.